The van der Waals surface area contributed by atoms with Gasteiger partial charge in [0.25, 0.3) is 0 Å². The van der Waals surface area contributed by atoms with Gasteiger partial charge in [0, 0.05) is 19.3 Å². The van der Waals surface area contributed by atoms with E-state index < -0.39 is 12.0 Å². The van der Waals surface area contributed by atoms with Crippen molar-refractivity contribution in [2.75, 3.05) is 7.11 Å². The van der Waals surface area contributed by atoms with Crippen LogP contribution in [0.4, 0.5) is 0 Å². The summed E-state index contributed by atoms with van der Waals surface area (Å²) in [6, 6.07) is 6.23. The Hall–Kier alpha value is -2.37. The largest absolute Gasteiger partial charge is 0.467 e. The Labute approximate surface area is 168 Å². The maximum atomic E-state index is 12.0. The van der Waals surface area contributed by atoms with Gasteiger partial charge in [-0.15, -0.1) is 0 Å². The van der Waals surface area contributed by atoms with Gasteiger partial charge in [0.15, 0.2) is 0 Å². The first-order chi connectivity index (χ1) is 13.5. The fourth-order valence-corrected chi connectivity index (χ4v) is 2.77. The number of benzene rings is 1. The molecule has 6 heteroatoms. The van der Waals surface area contributed by atoms with Crippen molar-refractivity contribution < 1.29 is 23.9 Å². The van der Waals surface area contributed by atoms with Gasteiger partial charge in [-0.3, -0.25) is 9.59 Å². The average molecular weight is 392 g/mol. The molecule has 0 aliphatic rings. The van der Waals surface area contributed by atoms with Crippen LogP contribution in [0.5, 0.6) is 5.75 Å². The summed E-state index contributed by atoms with van der Waals surface area (Å²) in [6.45, 7) is 4.15. The zero-order valence-corrected chi connectivity index (χ0v) is 17.3. The summed E-state index contributed by atoms with van der Waals surface area (Å²) in [5.41, 5.74) is 0.843. The molecule has 0 aromatic heterocycles. The van der Waals surface area contributed by atoms with E-state index in [1.165, 1.54) is 7.11 Å². The molecular weight excluding hydrogens is 358 g/mol. The standard InChI is InChI=1S/C22H33NO5/c1-4-6-8-10-20(24)23-19(22(26)27-3)16-17-12-14-18(15-13-17)28-21(25)11-9-7-5-2/h12-15,19H,4-11,16H2,1-3H3,(H,23,24). The molecule has 1 atom stereocenters. The first kappa shape index (κ1) is 23.7. The molecular formula is C22H33NO5. The second-order valence-corrected chi connectivity index (χ2v) is 6.88. The molecule has 0 aliphatic carbocycles. The number of hydrogen-bond donors (Lipinski definition) is 1. The minimum Gasteiger partial charge on any atom is -0.467 e. The molecule has 0 bridgehead atoms. The van der Waals surface area contributed by atoms with Crippen molar-refractivity contribution in [2.45, 2.75) is 77.7 Å². The van der Waals surface area contributed by atoms with E-state index in [2.05, 4.69) is 19.2 Å². The van der Waals surface area contributed by atoms with E-state index in [1.807, 2.05) is 0 Å². The van der Waals surface area contributed by atoms with Crippen LogP contribution >= 0.6 is 0 Å². The lowest BCUT2D eigenvalue weighted by Gasteiger charge is -2.17. The van der Waals surface area contributed by atoms with E-state index in [9.17, 15) is 14.4 Å². The lowest BCUT2D eigenvalue weighted by molar-refractivity contribution is -0.145. The van der Waals surface area contributed by atoms with E-state index >= 15 is 0 Å². The minimum atomic E-state index is -0.735. The van der Waals surface area contributed by atoms with Gasteiger partial charge in [-0.25, -0.2) is 4.79 Å². The quantitative estimate of drug-likeness (QED) is 0.313. The van der Waals surface area contributed by atoms with E-state index in [1.54, 1.807) is 24.3 Å². The van der Waals surface area contributed by atoms with Gasteiger partial charge in [0.1, 0.15) is 11.8 Å². The topological polar surface area (TPSA) is 81.7 Å². The van der Waals surface area contributed by atoms with Crippen LogP contribution in [0.15, 0.2) is 24.3 Å². The molecule has 0 radical (unpaired) electrons. The fourth-order valence-electron chi connectivity index (χ4n) is 2.77. The third-order valence-corrected chi connectivity index (χ3v) is 4.41. The minimum absolute atomic E-state index is 0.151. The summed E-state index contributed by atoms with van der Waals surface area (Å²) in [4.78, 5) is 35.8. The predicted molar refractivity (Wildman–Crippen MR) is 108 cm³/mol. The molecule has 0 aliphatic heterocycles. The van der Waals surface area contributed by atoms with E-state index in [4.69, 9.17) is 9.47 Å². The highest BCUT2D eigenvalue weighted by atomic mass is 16.5. The molecule has 1 unspecified atom stereocenters. The normalized spacial score (nSPS) is 11.5. The number of methoxy groups -OCH3 is 1. The number of hydrogen-bond acceptors (Lipinski definition) is 5. The Morgan fingerprint density at radius 2 is 1.54 bits per heavy atom. The molecule has 0 spiro atoms. The highest BCUT2D eigenvalue weighted by Crippen LogP contribution is 2.15. The van der Waals surface area contributed by atoms with Gasteiger partial charge in [-0.1, -0.05) is 51.7 Å². The van der Waals surface area contributed by atoms with Gasteiger partial charge < -0.3 is 14.8 Å². The lowest BCUT2D eigenvalue weighted by atomic mass is 10.1. The van der Waals surface area contributed by atoms with E-state index in [0.717, 1.165) is 44.1 Å². The molecule has 1 N–H and O–H groups in total. The molecule has 1 rings (SSSR count). The maximum absolute atomic E-state index is 12.0. The summed E-state index contributed by atoms with van der Waals surface area (Å²) < 4.78 is 10.1. The maximum Gasteiger partial charge on any atom is 0.328 e. The van der Waals surface area contributed by atoms with Crippen molar-refractivity contribution in [1.29, 1.82) is 0 Å². The predicted octanol–water partition coefficient (Wildman–Crippen LogP) is 3.95. The highest BCUT2D eigenvalue weighted by Gasteiger charge is 2.21. The molecule has 6 nitrogen and oxygen atoms in total. The van der Waals surface area contributed by atoms with Crippen LogP contribution in [0, 0.1) is 0 Å². The van der Waals surface area contributed by atoms with Crippen LogP contribution in [-0.4, -0.2) is 31.0 Å². The second kappa shape index (κ2) is 13.7. The average Bonchev–Trinajstić information content (AvgIpc) is 2.68. The van der Waals surface area contributed by atoms with Gasteiger partial charge in [-0.2, -0.15) is 0 Å². The van der Waals surface area contributed by atoms with Crippen LogP contribution in [0.3, 0.4) is 0 Å². The number of carbonyl (C=O) groups excluding carboxylic acids is 3. The van der Waals surface area contributed by atoms with Crippen LogP contribution in [0.2, 0.25) is 0 Å². The number of nitrogens with one attached hydrogen (secondary N) is 1. The first-order valence-electron chi connectivity index (χ1n) is 10.2. The lowest BCUT2D eigenvalue weighted by Crippen LogP contribution is -2.43. The Balaban J connectivity index is 2.60. The molecule has 1 amide bonds. The Bertz CT molecular complexity index is 612. The number of amides is 1. The van der Waals surface area contributed by atoms with E-state index in [0.29, 0.717) is 25.0 Å². The van der Waals surface area contributed by atoms with E-state index in [-0.39, 0.29) is 11.9 Å². The second-order valence-electron chi connectivity index (χ2n) is 6.88. The molecule has 0 heterocycles. The third-order valence-electron chi connectivity index (χ3n) is 4.41. The van der Waals surface area contributed by atoms with Crippen LogP contribution in [0.25, 0.3) is 0 Å². The van der Waals surface area contributed by atoms with Crippen molar-refractivity contribution in [1.82, 2.24) is 5.32 Å². The Morgan fingerprint density at radius 3 is 2.11 bits per heavy atom. The molecule has 0 saturated carbocycles. The third kappa shape index (κ3) is 9.53. The van der Waals surface area contributed by atoms with Crippen molar-refractivity contribution in [3.05, 3.63) is 29.8 Å². The van der Waals surface area contributed by atoms with Gasteiger partial charge in [-0.05, 0) is 30.5 Å². The number of carbonyl (C=O) groups is 3. The summed E-state index contributed by atoms with van der Waals surface area (Å²) in [7, 11) is 1.31. The Morgan fingerprint density at radius 1 is 0.929 bits per heavy atom. The molecule has 1 aromatic rings. The molecule has 156 valence electrons. The molecule has 1 aromatic carbocycles. The van der Waals surface area contributed by atoms with Crippen LogP contribution < -0.4 is 10.1 Å². The summed E-state index contributed by atoms with van der Waals surface area (Å²) in [5, 5.41) is 2.75. The Kier molecular flexibility index (Phi) is 11.6. The summed E-state index contributed by atoms with van der Waals surface area (Å²) in [5.74, 6) is -0.395. The van der Waals surface area contributed by atoms with Crippen molar-refractivity contribution in [2.24, 2.45) is 0 Å². The SMILES string of the molecule is CCCCCC(=O)NC(Cc1ccc(OC(=O)CCCCC)cc1)C(=O)OC. The van der Waals surface area contributed by atoms with Gasteiger partial charge in [0.2, 0.25) is 5.91 Å². The van der Waals surface area contributed by atoms with Gasteiger partial charge >= 0.3 is 11.9 Å². The number of rotatable bonds is 13. The highest BCUT2D eigenvalue weighted by molar-refractivity contribution is 5.84. The summed E-state index contributed by atoms with van der Waals surface area (Å²) in [6.07, 6.45) is 6.82. The number of esters is 2. The summed E-state index contributed by atoms with van der Waals surface area (Å²) >= 11 is 0. The zero-order valence-electron chi connectivity index (χ0n) is 17.3. The van der Waals surface area contributed by atoms with Crippen LogP contribution in [0.1, 0.15) is 70.8 Å². The number of ether oxygens (including phenoxy) is 2. The van der Waals surface area contributed by atoms with Crippen molar-refractivity contribution >= 4 is 17.8 Å². The molecule has 0 saturated heterocycles. The van der Waals surface area contributed by atoms with Crippen molar-refractivity contribution in [3.63, 3.8) is 0 Å². The smallest absolute Gasteiger partial charge is 0.328 e. The zero-order chi connectivity index (χ0) is 20.8. The monoisotopic (exact) mass is 391 g/mol. The van der Waals surface area contributed by atoms with Crippen LogP contribution in [-0.2, 0) is 25.5 Å². The fraction of sp³-hybridized carbons (Fsp3) is 0.591. The molecule has 28 heavy (non-hydrogen) atoms. The number of unbranched alkanes of at least 4 members (excludes halogenated alkanes) is 4. The van der Waals surface area contributed by atoms with Crippen molar-refractivity contribution in [3.8, 4) is 5.75 Å². The first-order valence-corrected chi connectivity index (χ1v) is 10.2. The van der Waals surface area contributed by atoms with Gasteiger partial charge in [0.05, 0.1) is 7.11 Å². The molecule has 0 fully saturated rings.